The zero-order chi connectivity index (χ0) is 18.8. The standard InChI is InChI=1S/C21H16N4OS/c1-14-6-8-15(9-7-14)19-12-25-17(13-27-21(25)24-19)10-20(26)23-18-5-3-2-4-16(18)11-22/h2-9,12-13H,10H2,1H3,(H,23,26). The van der Waals surface area contributed by atoms with Gasteiger partial charge < -0.3 is 5.32 Å². The molecule has 0 aliphatic rings. The number of amides is 1. The van der Waals surface area contributed by atoms with Crippen molar-refractivity contribution in [1.29, 1.82) is 5.26 Å². The molecule has 4 aromatic rings. The molecule has 0 unspecified atom stereocenters. The number of nitriles is 1. The van der Waals surface area contributed by atoms with Gasteiger partial charge in [0.15, 0.2) is 4.96 Å². The van der Waals surface area contributed by atoms with Gasteiger partial charge in [0.05, 0.1) is 23.4 Å². The number of benzene rings is 2. The number of carbonyl (C=O) groups is 1. The van der Waals surface area contributed by atoms with Gasteiger partial charge in [-0.2, -0.15) is 5.26 Å². The normalized spacial score (nSPS) is 10.7. The van der Waals surface area contributed by atoms with E-state index in [1.807, 2.05) is 28.1 Å². The maximum atomic E-state index is 12.5. The van der Waals surface area contributed by atoms with Crippen LogP contribution in [0.1, 0.15) is 16.8 Å². The summed E-state index contributed by atoms with van der Waals surface area (Å²) in [4.78, 5) is 18.0. The quantitative estimate of drug-likeness (QED) is 0.576. The molecule has 1 amide bonds. The Morgan fingerprint density at radius 1 is 1.22 bits per heavy atom. The first-order chi connectivity index (χ1) is 13.1. The molecule has 0 aliphatic carbocycles. The van der Waals surface area contributed by atoms with Gasteiger partial charge in [-0.3, -0.25) is 9.20 Å². The van der Waals surface area contributed by atoms with Crippen LogP contribution in [-0.4, -0.2) is 15.3 Å². The molecule has 2 heterocycles. The van der Waals surface area contributed by atoms with Gasteiger partial charge in [0.2, 0.25) is 5.91 Å². The number of imidazole rings is 1. The lowest BCUT2D eigenvalue weighted by Crippen LogP contribution is -2.16. The molecule has 0 saturated carbocycles. The van der Waals surface area contributed by atoms with E-state index in [2.05, 4.69) is 35.4 Å². The van der Waals surface area contributed by atoms with Crippen molar-refractivity contribution in [2.75, 3.05) is 5.32 Å². The summed E-state index contributed by atoms with van der Waals surface area (Å²) in [6.45, 7) is 2.05. The summed E-state index contributed by atoms with van der Waals surface area (Å²) < 4.78 is 1.95. The second-order valence-corrected chi connectivity index (χ2v) is 7.09. The van der Waals surface area contributed by atoms with Gasteiger partial charge in [-0.05, 0) is 19.1 Å². The lowest BCUT2D eigenvalue weighted by molar-refractivity contribution is -0.115. The van der Waals surface area contributed by atoms with E-state index in [0.717, 1.165) is 21.9 Å². The summed E-state index contributed by atoms with van der Waals surface area (Å²) in [7, 11) is 0. The number of hydrogen-bond acceptors (Lipinski definition) is 4. The summed E-state index contributed by atoms with van der Waals surface area (Å²) in [6.07, 6.45) is 2.17. The molecule has 5 nitrogen and oxygen atoms in total. The Kier molecular flexibility index (Phi) is 4.45. The lowest BCUT2D eigenvalue weighted by atomic mass is 10.1. The molecule has 0 atom stereocenters. The number of hydrogen-bond donors (Lipinski definition) is 1. The van der Waals surface area contributed by atoms with Gasteiger partial charge in [0.25, 0.3) is 0 Å². The Labute approximate surface area is 160 Å². The van der Waals surface area contributed by atoms with Crippen LogP contribution in [0.2, 0.25) is 0 Å². The molecule has 0 spiro atoms. The molecule has 27 heavy (non-hydrogen) atoms. The van der Waals surface area contributed by atoms with Crippen molar-refractivity contribution in [3.8, 4) is 17.3 Å². The van der Waals surface area contributed by atoms with Gasteiger partial charge in [0, 0.05) is 22.8 Å². The van der Waals surface area contributed by atoms with Crippen LogP contribution >= 0.6 is 11.3 Å². The van der Waals surface area contributed by atoms with Crippen LogP contribution in [-0.2, 0) is 11.2 Å². The number of fused-ring (bicyclic) bond motifs is 1. The molecule has 132 valence electrons. The second-order valence-electron chi connectivity index (χ2n) is 6.25. The molecule has 0 radical (unpaired) electrons. The van der Waals surface area contributed by atoms with E-state index in [9.17, 15) is 4.79 Å². The highest BCUT2D eigenvalue weighted by Gasteiger charge is 2.13. The van der Waals surface area contributed by atoms with E-state index in [4.69, 9.17) is 5.26 Å². The molecule has 6 heteroatoms. The fourth-order valence-corrected chi connectivity index (χ4v) is 3.74. The zero-order valence-corrected chi connectivity index (χ0v) is 15.5. The number of aryl methyl sites for hydroxylation is 1. The van der Waals surface area contributed by atoms with E-state index in [1.54, 1.807) is 24.3 Å². The van der Waals surface area contributed by atoms with Crippen molar-refractivity contribution in [3.05, 3.63) is 76.9 Å². The predicted octanol–water partition coefficient (Wildman–Crippen LogP) is 4.42. The van der Waals surface area contributed by atoms with Gasteiger partial charge in [-0.15, -0.1) is 11.3 Å². The van der Waals surface area contributed by atoms with Crippen molar-refractivity contribution < 1.29 is 4.79 Å². The molecule has 0 bridgehead atoms. The Morgan fingerprint density at radius 3 is 2.78 bits per heavy atom. The summed E-state index contributed by atoms with van der Waals surface area (Å²) in [5.74, 6) is -0.164. The average molecular weight is 372 g/mol. The molecule has 2 aromatic carbocycles. The van der Waals surface area contributed by atoms with E-state index in [0.29, 0.717) is 11.3 Å². The monoisotopic (exact) mass is 372 g/mol. The van der Waals surface area contributed by atoms with Crippen molar-refractivity contribution in [2.24, 2.45) is 0 Å². The Hall–Kier alpha value is -3.43. The predicted molar refractivity (Wildman–Crippen MR) is 107 cm³/mol. The number of para-hydroxylation sites is 1. The Morgan fingerprint density at radius 2 is 2.00 bits per heavy atom. The van der Waals surface area contributed by atoms with E-state index in [-0.39, 0.29) is 12.3 Å². The minimum absolute atomic E-state index is 0.164. The third-order valence-electron chi connectivity index (χ3n) is 4.29. The third kappa shape index (κ3) is 3.46. The minimum atomic E-state index is -0.164. The molecular weight excluding hydrogens is 356 g/mol. The maximum absolute atomic E-state index is 12.5. The number of nitrogens with one attached hydrogen (secondary N) is 1. The van der Waals surface area contributed by atoms with Crippen LogP contribution in [0.25, 0.3) is 16.2 Å². The van der Waals surface area contributed by atoms with Gasteiger partial charge in [-0.1, -0.05) is 42.0 Å². The smallest absolute Gasteiger partial charge is 0.230 e. The van der Waals surface area contributed by atoms with Crippen LogP contribution < -0.4 is 5.32 Å². The molecule has 0 fully saturated rings. The SMILES string of the molecule is Cc1ccc(-c2cn3c(CC(=O)Nc4ccccc4C#N)csc3n2)cc1. The maximum Gasteiger partial charge on any atom is 0.230 e. The van der Waals surface area contributed by atoms with Gasteiger partial charge in [0.1, 0.15) is 6.07 Å². The van der Waals surface area contributed by atoms with Crippen molar-refractivity contribution in [2.45, 2.75) is 13.3 Å². The highest BCUT2D eigenvalue weighted by Crippen LogP contribution is 2.24. The Balaban J connectivity index is 1.56. The molecule has 4 rings (SSSR count). The van der Waals surface area contributed by atoms with Gasteiger partial charge >= 0.3 is 0 Å². The van der Waals surface area contributed by atoms with E-state index < -0.39 is 0 Å². The number of thiazole rings is 1. The molecular formula is C21H16N4OS. The van der Waals surface area contributed by atoms with Crippen LogP contribution in [0.4, 0.5) is 5.69 Å². The molecule has 0 aliphatic heterocycles. The van der Waals surface area contributed by atoms with Crippen molar-refractivity contribution >= 4 is 27.9 Å². The van der Waals surface area contributed by atoms with Crippen molar-refractivity contribution in [3.63, 3.8) is 0 Å². The van der Waals surface area contributed by atoms with Crippen LogP contribution in [0.15, 0.2) is 60.1 Å². The molecule has 1 N–H and O–H groups in total. The van der Waals surface area contributed by atoms with E-state index >= 15 is 0 Å². The number of carbonyl (C=O) groups excluding carboxylic acids is 1. The average Bonchev–Trinajstić information content (AvgIpc) is 3.25. The highest BCUT2D eigenvalue weighted by molar-refractivity contribution is 7.15. The number of nitrogens with zero attached hydrogens (tertiary/aromatic N) is 3. The first-order valence-corrected chi connectivity index (χ1v) is 9.33. The first-order valence-electron chi connectivity index (χ1n) is 8.45. The topological polar surface area (TPSA) is 70.2 Å². The van der Waals surface area contributed by atoms with Crippen molar-refractivity contribution in [1.82, 2.24) is 9.38 Å². The first kappa shape index (κ1) is 17.0. The lowest BCUT2D eigenvalue weighted by Gasteiger charge is -2.06. The van der Waals surface area contributed by atoms with Crippen LogP contribution in [0, 0.1) is 18.3 Å². The molecule has 2 aromatic heterocycles. The number of rotatable bonds is 4. The number of aromatic nitrogens is 2. The molecule has 0 saturated heterocycles. The minimum Gasteiger partial charge on any atom is -0.325 e. The fraction of sp³-hybridized carbons (Fsp3) is 0.0952. The fourth-order valence-electron chi connectivity index (χ4n) is 2.87. The number of anilines is 1. The summed E-state index contributed by atoms with van der Waals surface area (Å²) in [6, 6.07) is 17.3. The zero-order valence-electron chi connectivity index (χ0n) is 14.6. The van der Waals surface area contributed by atoms with Gasteiger partial charge in [-0.25, -0.2) is 4.98 Å². The largest absolute Gasteiger partial charge is 0.325 e. The summed E-state index contributed by atoms with van der Waals surface area (Å²) >= 11 is 1.51. The summed E-state index contributed by atoms with van der Waals surface area (Å²) in [5.41, 5.74) is 4.99. The Bertz CT molecular complexity index is 1170. The second kappa shape index (κ2) is 7.06. The highest BCUT2D eigenvalue weighted by atomic mass is 32.1. The summed E-state index contributed by atoms with van der Waals surface area (Å²) in [5, 5.41) is 13.9. The van der Waals surface area contributed by atoms with Crippen LogP contribution in [0.5, 0.6) is 0 Å². The third-order valence-corrected chi connectivity index (χ3v) is 5.18. The van der Waals surface area contributed by atoms with Crippen LogP contribution in [0.3, 0.4) is 0 Å². The van der Waals surface area contributed by atoms with E-state index in [1.165, 1.54) is 16.9 Å².